The van der Waals surface area contributed by atoms with Crippen LogP contribution < -0.4 is 19.6 Å². The minimum absolute atomic E-state index is 0.0537. The first-order valence-corrected chi connectivity index (χ1v) is 40.6. The molecule has 4 nitrogen and oxygen atoms in total. The molecule has 12 aromatic carbocycles. The van der Waals surface area contributed by atoms with Gasteiger partial charge >= 0.3 is 0 Å². The molecule has 0 atom stereocenters. The average Bonchev–Trinajstić information content (AvgIpc) is 0.812. The van der Waals surface area contributed by atoms with E-state index >= 15 is 0 Å². The van der Waals surface area contributed by atoms with Crippen molar-refractivity contribution in [2.45, 2.75) is 158 Å². The monoisotopic (exact) mass is 1430 g/mol. The minimum atomic E-state index is -0.0537. The van der Waals surface area contributed by atoms with Crippen LogP contribution in [0.5, 0.6) is 0 Å². The summed E-state index contributed by atoms with van der Waals surface area (Å²) >= 11 is 7.67. The molecule has 4 heterocycles. The van der Waals surface area contributed by atoms with Gasteiger partial charge in [0.25, 0.3) is 0 Å². The summed E-state index contributed by atoms with van der Waals surface area (Å²) in [6.45, 7) is 37.3. The molecule has 0 saturated heterocycles. The molecular weight excluding hydrogens is 1340 g/mol. The molecule has 0 N–H and O–H groups in total. The second-order valence-electron chi connectivity index (χ2n) is 32.4. The predicted molar refractivity (Wildman–Crippen MR) is 463 cm³/mol. The molecule has 0 aliphatic rings. The third kappa shape index (κ3) is 11.8. The third-order valence-corrected chi connectivity index (χ3v) is 26.5. The maximum absolute atomic E-state index is 2.67. The van der Waals surface area contributed by atoms with Gasteiger partial charge in [-0.05, 0) is 198 Å². The molecule has 8 heteroatoms. The van der Waals surface area contributed by atoms with Crippen LogP contribution in [-0.2, 0) is 47.3 Å². The van der Waals surface area contributed by atoms with Gasteiger partial charge in [0.05, 0.1) is 22.7 Å². The fourth-order valence-corrected chi connectivity index (χ4v) is 21.3. The maximum Gasteiger partial charge on any atom is 0.104 e. The largest absolute Gasteiger partial charge is 0.301 e. The van der Waals surface area contributed by atoms with Crippen LogP contribution in [0.4, 0.5) is 65.5 Å². The summed E-state index contributed by atoms with van der Waals surface area (Å²) in [4.78, 5) is 10.7. The summed E-state index contributed by atoms with van der Waals surface area (Å²) in [7, 11) is 0. The van der Waals surface area contributed by atoms with Crippen molar-refractivity contribution >= 4 is 184 Å². The lowest BCUT2D eigenvalue weighted by Gasteiger charge is -2.34. The summed E-state index contributed by atoms with van der Waals surface area (Å²) in [5.41, 5.74) is 19.4. The summed E-state index contributed by atoms with van der Waals surface area (Å²) in [6, 6.07) is 89.9. The molecule has 16 rings (SSSR count). The van der Waals surface area contributed by atoms with Crippen molar-refractivity contribution in [2.24, 2.45) is 0 Å². The van der Waals surface area contributed by atoms with Gasteiger partial charge in [-0.1, -0.05) is 256 Å². The topological polar surface area (TPSA) is 13.0 Å². The van der Waals surface area contributed by atoms with Crippen molar-refractivity contribution in [2.75, 3.05) is 19.6 Å². The Bertz CT molecular complexity index is 5170. The van der Waals surface area contributed by atoms with Gasteiger partial charge in [0.15, 0.2) is 0 Å². The van der Waals surface area contributed by atoms with Gasteiger partial charge < -0.3 is 19.6 Å². The summed E-state index contributed by atoms with van der Waals surface area (Å²) in [5.74, 6) is 0. The number of rotatable bonds is 16. The zero-order chi connectivity index (χ0) is 72.5. The quantitative estimate of drug-likeness (QED) is 0.0894. The van der Waals surface area contributed by atoms with E-state index in [9.17, 15) is 0 Å². The lowest BCUT2D eigenvalue weighted by atomic mass is 9.86. The van der Waals surface area contributed by atoms with Crippen molar-refractivity contribution in [3.05, 3.63) is 275 Å². The first-order valence-electron chi connectivity index (χ1n) is 37.4. The van der Waals surface area contributed by atoms with Crippen LogP contribution in [-0.4, -0.2) is 0 Å². The third-order valence-electron chi connectivity index (χ3n) is 21.7. The van der Waals surface area contributed by atoms with E-state index in [1.54, 1.807) is 0 Å². The SMILES string of the molecule is CCc1c(N(c2ccc(C(C)(C)C)cc2)c2cc(N(c3ccc(C(C)(C)C)cc3)c3sc4ccccc4c3CC)c3ccc4c(N(c5ccc(C(C)(C)C)cc5)c5sc6ccccc6c5CC)cc(N(c5ccc(C(C)(C)C)cc5)c5sc6ccccc6c5CC)c5ccc2c3c54)sc2ccccc12. The Balaban J connectivity index is 1.13. The number of nitrogens with zero attached hydrogens (tertiary/aromatic N) is 4. The zero-order valence-electron chi connectivity index (χ0n) is 63.2. The molecule has 522 valence electrons. The van der Waals surface area contributed by atoms with Crippen LogP contribution in [0.3, 0.4) is 0 Å². The molecule has 0 amide bonds. The van der Waals surface area contributed by atoms with Gasteiger partial charge in [-0.25, -0.2) is 0 Å². The molecule has 0 saturated carbocycles. The summed E-state index contributed by atoms with van der Waals surface area (Å²) < 4.78 is 5.14. The van der Waals surface area contributed by atoms with Gasteiger partial charge in [0.2, 0.25) is 0 Å². The fourth-order valence-electron chi connectivity index (χ4n) is 16.0. The van der Waals surface area contributed by atoms with Crippen LogP contribution in [0.2, 0.25) is 0 Å². The molecule has 0 fully saturated rings. The van der Waals surface area contributed by atoms with E-state index in [-0.39, 0.29) is 21.7 Å². The van der Waals surface area contributed by atoms with Crippen LogP contribution in [0.1, 0.15) is 155 Å². The summed E-state index contributed by atoms with van der Waals surface area (Å²) in [6.07, 6.45) is 3.46. The first kappa shape index (κ1) is 69.1. The lowest BCUT2D eigenvalue weighted by molar-refractivity contribution is 0.590. The Morgan fingerprint density at radius 2 is 0.423 bits per heavy atom. The molecular formula is C96H94N4S4. The first-order chi connectivity index (χ1) is 49.9. The second kappa shape index (κ2) is 26.4. The van der Waals surface area contributed by atoms with Crippen LogP contribution in [0.15, 0.2) is 231 Å². The van der Waals surface area contributed by atoms with Gasteiger partial charge in [-0.3, -0.25) is 0 Å². The molecule has 4 aromatic heterocycles. The van der Waals surface area contributed by atoms with E-state index in [1.807, 2.05) is 45.3 Å². The molecule has 0 aliphatic heterocycles. The normalized spacial score (nSPS) is 12.6. The Morgan fingerprint density at radius 1 is 0.231 bits per heavy atom. The van der Waals surface area contributed by atoms with Gasteiger partial charge in [-0.2, -0.15) is 0 Å². The number of hydrogen-bond donors (Lipinski definition) is 0. The van der Waals surface area contributed by atoms with Gasteiger partial charge in [0, 0.05) is 73.9 Å². The van der Waals surface area contributed by atoms with E-state index in [1.165, 1.54) is 137 Å². The second-order valence-corrected chi connectivity index (χ2v) is 36.5. The van der Waals surface area contributed by atoms with Gasteiger partial charge in [-0.15, -0.1) is 45.3 Å². The highest BCUT2D eigenvalue weighted by molar-refractivity contribution is 7.24. The smallest absolute Gasteiger partial charge is 0.104 e. The Labute approximate surface area is 631 Å². The van der Waals surface area contributed by atoms with Crippen molar-refractivity contribution in [1.29, 1.82) is 0 Å². The Morgan fingerprint density at radius 3 is 0.606 bits per heavy atom. The molecule has 104 heavy (non-hydrogen) atoms. The lowest BCUT2D eigenvalue weighted by Crippen LogP contribution is -2.17. The fraction of sp³-hybridized carbons (Fsp3) is 0.250. The maximum atomic E-state index is 2.67. The van der Waals surface area contributed by atoms with E-state index in [4.69, 9.17) is 0 Å². The average molecular weight is 1430 g/mol. The Hall–Kier alpha value is -9.28. The highest BCUT2D eigenvalue weighted by Gasteiger charge is 2.34. The highest BCUT2D eigenvalue weighted by Crippen LogP contribution is 2.60. The number of fused-ring (bicyclic) bond motifs is 4. The molecule has 0 aliphatic carbocycles. The number of aryl methyl sites for hydroxylation is 4. The highest BCUT2D eigenvalue weighted by atomic mass is 32.1. The number of hydrogen-bond acceptors (Lipinski definition) is 8. The molecule has 0 spiro atoms. The number of benzene rings is 12. The molecule has 16 aromatic rings. The summed E-state index contributed by atoms with van der Waals surface area (Å²) in [5, 5.41) is 17.4. The molecule has 0 unspecified atom stereocenters. The van der Waals surface area contributed by atoms with E-state index in [0.29, 0.717) is 0 Å². The van der Waals surface area contributed by atoms with Crippen molar-refractivity contribution in [1.82, 2.24) is 0 Å². The van der Waals surface area contributed by atoms with Crippen molar-refractivity contribution < 1.29 is 0 Å². The minimum Gasteiger partial charge on any atom is -0.301 e. The number of anilines is 12. The van der Waals surface area contributed by atoms with E-state index in [0.717, 1.165) is 71.2 Å². The molecule has 0 radical (unpaired) electrons. The van der Waals surface area contributed by atoms with Crippen molar-refractivity contribution in [3.63, 3.8) is 0 Å². The van der Waals surface area contributed by atoms with Crippen LogP contribution >= 0.6 is 45.3 Å². The van der Waals surface area contributed by atoms with Gasteiger partial charge in [0.1, 0.15) is 20.0 Å². The van der Waals surface area contributed by atoms with Crippen molar-refractivity contribution in [3.8, 4) is 0 Å². The Kier molecular flexibility index (Phi) is 17.5. The standard InChI is InChI=1S/C96H94N4S4/c1-17-67-71-29-21-25-33-83(71)101-89(67)97(63-45-37-59(38-46-63)93(5,6)7)79-57-80(98(64-47-39-60(40-48-64)94(8,9)10)90-68(18-2)72-30-22-26-34-84(72)102-90)76-55-56-78-82(100(66-51-43-62(44-52-66)96(14,15)16)92-70(20-4)74-32-24-28-36-86(74)104-92)58-81(77-54-53-75(79)87(76)88(77)78)99(65-49-41-61(42-50-65)95(11,12)13)91-69(19-3)73-31-23-27-35-85(73)103-91/h21-58H,17-20H2,1-16H3. The van der Waals surface area contributed by atoms with E-state index < -0.39 is 0 Å². The van der Waals surface area contributed by atoms with E-state index in [2.05, 4.69) is 361 Å². The molecule has 0 bridgehead atoms. The predicted octanol–water partition coefficient (Wildman–Crippen LogP) is 30.8. The number of thiophene rings is 4. The van der Waals surface area contributed by atoms with Crippen LogP contribution in [0, 0.1) is 0 Å². The van der Waals surface area contributed by atoms with Crippen LogP contribution in [0.25, 0.3) is 72.7 Å². The zero-order valence-corrected chi connectivity index (χ0v) is 66.5.